The molecule has 0 atom stereocenters. The molecular formula is C17H19ClN4O2S. The van der Waals surface area contributed by atoms with Crippen LogP contribution in [0.2, 0.25) is 5.02 Å². The van der Waals surface area contributed by atoms with Crippen LogP contribution < -0.4 is 10.2 Å². The molecule has 1 amide bonds. The number of nitrogens with zero attached hydrogens (tertiary/aromatic N) is 3. The molecular weight excluding hydrogens is 360 g/mol. The maximum absolute atomic E-state index is 12.5. The third-order valence-electron chi connectivity index (χ3n) is 3.95. The van der Waals surface area contributed by atoms with Gasteiger partial charge in [-0.25, -0.2) is 9.97 Å². The van der Waals surface area contributed by atoms with Gasteiger partial charge in [-0.15, -0.1) is 0 Å². The van der Waals surface area contributed by atoms with Crippen molar-refractivity contribution in [2.24, 2.45) is 0 Å². The van der Waals surface area contributed by atoms with Crippen LogP contribution in [0.3, 0.4) is 0 Å². The molecule has 1 aliphatic heterocycles. The second-order valence-electron chi connectivity index (χ2n) is 5.61. The van der Waals surface area contributed by atoms with Gasteiger partial charge >= 0.3 is 0 Å². The molecule has 132 valence electrons. The molecule has 0 unspecified atom stereocenters. The van der Waals surface area contributed by atoms with Crippen molar-refractivity contribution < 1.29 is 9.53 Å². The van der Waals surface area contributed by atoms with Crippen molar-refractivity contribution in [1.82, 2.24) is 9.97 Å². The maximum Gasteiger partial charge on any atom is 0.275 e. The van der Waals surface area contributed by atoms with Crippen molar-refractivity contribution in [3.05, 3.63) is 40.7 Å². The van der Waals surface area contributed by atoms with Crippen LogP contribution in [0.25, 0.3) is 0 Å². The fourth-order valence-corrected chi connectivity index (χ4v) is 3.11. The summed E-state index contributed by atoms with van der Waals surface area (Å²) < 4.78 is 5.38. The van der Waals surface area contributed by atoms with Gasteiger partial charge < -0.3 is 15.0 Å². The predicted molar refractivity (Wildman–Crippen MR) is 101 cm³/mol. The highest BCUT2D eigenvalue weighted by Gasteiger charge is 2.16. The van der Waals surface area contributed by atoms with E-state index < -0.39 is 0 Å². The fraction of sp³-hybridized carbons (Fsp3) is 0.353. The summed E-state index contributed by atoms with van der Waals surface area (Å²) in [5.74, 6) is -0.343. The Hall–Kier alpha value is -1.83. The molecule has 0 aliphatic carbocycles. The molecule has 0 saturated carbocycles. The summed E-state index contributed by atoms with van der Waals surface area (Å²) in [5, 5.41) is 3.63. The van der Waals surface area contributed by atoms with E-state index in [0.29, 0.717) is 5.16 Å². The van der Waals surface area contributed by atoms with Gasteiger partial charge in [0.1, 0.15) is 0 Å². The summed E-state index contributed by atoms with van der Waals surface area (Å²) in [6.07, 6.45) is 3.29. The summed E-state index contributed by atoms with van der Waals surface area (Å²) in [5.41, 5.74) is 3.02. The van der Waals surface area contributed by atoms with Gasteiger partial charge in [0.15, 0.2) is 10.9 Å². The molecule has 3 rings (SSSR count). The van der Waals surface area contributed by atoms with Crippen LogP contribution in [-0.4, -0.2) is 48.4 Å². The Kier molecular flexibility index (Phi) is 5.78. The lowest BCUT2D eigenvalue weighted by Gasteiger charge is -2.29. The third-order valence-corrected chi connectivity index (χ3v) is 4.79. The molecule has 1 fully saturated rings. The topological polar surface area (TPSA) is 67.4 Å². The van der Waals surface area contributed by atoms with Crippen LogP contribution in [0.5, 0.6) is 0 Å². The summed E-state index contributed by atoms with van der Waals surface area (Å²) >= 11 is 7.43. The zero-order valence-electron chi connectivity index (χ0n) is 14.1. The van der Waals surface area contributed by atoms with Gasteiger partial charge in [0, 0.05) is 24.5 Å². The second-order valence-corrected chi connectivity index (χ2v) is 6.79. The first-order chi connectivity index (χ1) is 12.1. The minimum atomic E-state index is -0.343. The number of hydrogen-bond acceptors (Lipinski definition) is 6. The van der Waals surface area contributed by atoms with E-state index in [2.05, 4.69) is 26.3 Å². The number of halogens is 1. The Morgan fingerprint density at radius 3 is 2.80 bits per heavy atom. The van der Waals surface area contributed by atoms with Crippen LogP contribution in [0.1, 0.15) is 16.1 Å². The SMILES string of the molecule is CSc1ncc(Cl)c(C(=O)Nc2ccc(N3CCOCC3)cc2C)n1. The van der Waals surface area contributed by atoms with Crippen molar-refractivity contribution in [1.29, 1.82) is 0 Å². The standard InChI is InChI=1S/C17H19ClN4O2S/c1-11-9-12(22-5-7-24-8-6-22)3-4-14(11)20-16(23)15-13(18)10-19-17(21-15)25-2/h3-4,9-10H,5-8H2,1-2H3,(H,20,23). The number of carbonyl (C=O) groups excluding carboxylic acids is 1. The summed E-state index contributed by atoms with van der Waals surface area (Å²) in [6.45, 7) is 5.19. The van der Waals surface area contributed by atoms with Gasteiger partial charge in [-0.05, 0) is 36.9 Å². The number of morpholine rings is 1. The largest absolute Gasteiger partial charge is 0.378 e. The first kappa shape index (κ1) is 18.0. The molecule has 1 aromatic carbocycles. The van der Waals surface area contributed by atoms with Crippen LogP contribution in [0, 0.1) is 6.92 Å². The van der Waals surface area contributed by atoms with E-state index >= 15 is 0 Å². The number of amides is 1. The third kappa shape index (κ3) is 4.23. The molecule has 6 nitrogen and oxygen atoms in total. The Balaban J connectivity index is 1.77. The quantitative estimate of drug-likeness (QED) is 0.650. The van der Waals surface area contributed by atoms with Crippen LogP contribution in [0.4, 0.5) is 11.4 Å². The van der Waals surface area contributed by atoms with Crippen molar-refractivity contribution in [3.63, 3.8) is 0 Å². The molecule has 1 aromatic heterocycles. The Morgan fingerprint density at radius 2 is 2.12 bits per heavy atom. The number of aryl methyl sites for hydroxylation is 1. The Morgan fingerprint density at radius 1 is 1.36 bits per heavy atom. The monoisotopic (exact) mass is 378 g/mol. The zero-order chi connectivity index (χ0) is 17.8. The number of ether oxygens (including phenoxy) is 1. The van der Waals surface area contributed by atoms with Gasteiger partial charge in [0.2, 0.25) is 0 Å². The van der Waals surface area contributed by atoms with E-state index in [1.54, 1.807) is 0 Å². The molecule has 2 aromatic rings. The first-order valence-corrected chi connectivity index (χ1v) is 9.50. The molecule has 0 bridgehead atoms. The lowest BCUT2D eigenvalue weighted by atomic mass is 10.1. The number of thioether (sulfide) groups is 1. The molecule has 1 saturated heterocycles. The minimum absolute atomic E-state index is 0.178. The van der Waals surface area contributed by atoms with Crippen molar-refractivity contribution in [3.8, 4) is 0 Å². The number of benzene rings is 1. The fourth-order valence-electron chi connectivity index (χ4n) is 2.60. The Bertz CT molecular complexity index is 781. The summed E-state index contributed by atoms with van der Waals surface area (Å²) in [4.78, 5) is 23.0. The molecule has 8 heteroatoms. The van der Waals surface area contributed by atoms with Gasteiger partial charge in [-0.2, -0.15) is 0 Å². The van der Waals surface area contributed by atoms with E-state index in [1.165, 1.54) is 18.0 Å². The van der Waals surface area contributed by atoms with Crippen LogP contribution >= 0.6 is 23.4 Å². The average Bonchev–Trinajstić information content (AvgIpc) is 2.64. The van der Waals surface area contributed by atoms with Crippen molar-refractivity contribution in [2.75, 3.05) is 42.8 Å². The van der Waals surface area contributed by atoms with Crippen molar-refractivity contribution in [2.45, 2.75) is 12.1 Å². The number of nitrogens with one attached hydrogen (secondary N) is 1. The highest BCUT2D eigenvalue weighted by Crippen LogP contribution is 2.25. The predicted octanol–water partition coefficient (Wildman–Crippen LogP) is 3.25. The van der Waals surface area contributed by atoms with Gasteiger partial charge in [-0.3, -0.25) is 4.79 Å². The molecule has 2 heterocycles. The number of hydrogen-bond donors (Lipinski definition) is 1. The highest BCUT2D eigenvalue weighted by molar-refractivity contribution is 7.98. The first-order valence-electron chi connectivity index (χ1n) is 7.89. The summed E-state index contributed by atoms with van der Waals surface area (Å²) in [6, 6.07) is 5.97. The number of anilines is 2. The van der Waals surface area contributed by atoms with E-state index in [0.717, 1.165) is 43.2 Å². The normalized spacial score (nSPS) is 14.4. The molecule has 1 aliphatic rings. The van der Waals surface area contributed by atoms with Gasteiger partial charge in [-0.1, -0.05) is 23.4 Å². The number of rotatable bonds is 4. The second kappa shape index (κ2) is 8.03. The lowest BCUT2D eigenvalue weighted by molar-refractivity contribution is 0.102. The lowest BCUT2D eigenvalue weighted by Crippen LogP contribution is -2.36. The van der Waals surface area contributed by atoms with E-state index in [1.807, 2.05) is 25.3 Å². The number of carbonyl (C=O) groups is 1. The van der Waals surface area contributed by atoms with Gasteiger partial charge in [0.05, 0.1) is 24.4 Å². The molecule has 1 N–H and O–H groups in total. The zero-order valence-corrected chi connectivity index (χ0v) is 15.7. The Labute approximate surface area is 155 Å². The van der Waals surface area contributed by atoms with E-state index in [-0.39, 0.29) is 16.6 Å². The smallest absolute Gasteiger partial charge is 0.275 e. The highest BCUT2D eigenvalue weighted by atomic mass is 35.5. The van der Waals surface area contributed by atoms with Gasteiger partial charge in [0.25, 0.3) is 5.91 Å². The molecule has 0 spiro atoms. The summed E-state index contributed by atoms with van der Waals surface area (Å²) in [7, 11) is 0. The maximum atomic E-state index is 12.5. The molecule has 25 heavy (non-hydrogen) atoms. The van der Waals surface area contributed by atoms with E-state index in [4.69, 9.17) is 16.3 Å². The minimum Gasteiger partial charge on any atom is -0.378 e. The molecule has 0 radical (unpaired) electrons. The van der Waals surface area contributed by atoms with Crippen LogP contribution in [0.15, 0.2) is 29.6 Å². The van der Waals surface area contributed by atoms with Crippen molar-refractivity contribution >= 4 is 40.6 Å². The average molecular weight is 379 g/mol. The number of aromatic nitrogens is 2. The van der Waals surface area contributed by atoms with Crippen LogP contribution in [-0.2, 0) is 4.74 Å². The van der Waals surface area contributed by atoms with E-state index in [9.17, 15) is 4.79 Å².